The van der Waals surface area contributed by atoms with Gasteiger partial charge in [-0.2, -0.15) is 0 Å². The van der Waals surface area contributed by atoms with Gasteiger partial charge < -0.3 is 14.2 Å². The Labute approximate surface area is 515 Å². The number of hydrogen-bond donors (Lipinski definition) is 0. The number of carbonyl (C=O) groups excluding carboxylic acids is 3. The van der Waals surface area contributed by atoms with E-state index in [9.17, 15) is 14.4 Å². The Morgan fingerprint density at radius 3 is 0.735 bits per heavy atom. The molecule has 0 saturated carbocycles. The topological polar surface area (TPSA) is 78.9 Å². The van der Waals surface area contributed by atoms with Crippen molar-refractivity contribution in [3.05, 3.63) is 97.2 Å². The number of hydrogen-bond acceptors (Lipinski definition) is 6. The van der Waals surface area contributed by atoms with Gasteiger partial charge in [0.05, 0.1) is 0 Å². The largest absolute Gasteiger partial charge is 0.462 e. The molecule has 83 heavy (non-hydrogen) atoms. The summed E-state index contributed by atoms with van der Waals surface area (Å²) in [6.45, 7) is 6.51. The second-order valence-corrected chi connectivity index (χ2v) is 23.8. The molecule has 0 N–H and O–H groups in total. The zero-order chi connectivity index (χ0) is 59.9. The van der Waals surface area contributed by atoms with Crippen molar-refractivity contribution in [2.24, 2.45) is 0 Å². The van der Waals surface area contributed by atoms with E-state index in [1.807, 2.05) is 0 Å². The second-order valence-electron chi connectivity index (χ2n) is 23.8. The summed E-state index contributed by atoms with van der Waals surface area (Å²) in [5.41, 5.74) is 0. The molecule has 0 fully saturated rings. The molecule has 1 unspecified atom stereocenters. The van der Waals surface area contributed by atoms with Crippen LogP contribution in [0, 0.1) is 0 Å². The predicted octanol–water partition coefficient (Wildman–Crippen LogP) is 24.8. The summed E-state index contributed by atoms with van der Waals surface area (Å²) < 4.78 is 16.9. The molecule has 0 rings (SSSR count). The minimum absolute atomic E-state index is 0.0750. The molecule has 0 bridgehead atoms. The smallest absolute Gasteiger partial charge is 0.306 e. The molecular formula is C77H134O6. The Morgan fingerprint density at radius 2 is 0.470 bits per heavy atom. The molecule has 478 valence electrons. The van der Waals surface area contributed by atoms with E-state index in [1.54, 1.807) is 0 Å². The van der Waals surface area contributed by atoms with Crippen LogP contribution in [0.3, 0.4) is 0 Å². The molecule has 0 radical (unpaired) electrons. The summed E-state index contributed by atoms with van der Waals surface area (Å²) >= 11 is 0. The minimum Gasteiger partial charge on any atom is -0.462 e. The number of rotatable bonds is 65. The first-order valence-electron chi connectivity index (χ1n) is 35.7. The van der Waals surface area contributed by atoms with Gasteiger partial charge in [0.25, 0.3) is 0 Å². The maximum atomic E-state index is 12.9. The van der Waals surface area contributed by atoms with Crippen molar-refractivity contribution in [1.82, 2.24) is 0 Å². The van der Waals surface area contributed by atoms with Crippen LogP contribution in [0.25, 0.3) is 0 Å². The van der Waals surface area contributed by atoms with Crippen LogP contribution in [-0.2, 0) is 28.6 Å². The number of carbonyl (C=O) groups is 3. The molecule has 0 aromatic rings. The van der Waals surface area contributed by atoms with Crippen molar-refractivity contribution >= 4 is 17.9 Å². The predicted molar refractivity (Wildman–Crippen MR) is 362 cm³/mol. The molecule has 0 aromatic heterocycles. The van der Waals surface area contributed by atoms with Gasteiger partial charge in [-0.1, -0.05) is 330 Å². The SMILES string of the molecule is CC/C=C\C/C=C\C/C=C\C/C=C\C/C=C\C/C=C\CCCCCCCCCCCCC(=O)OCC(COC(=O)CCCCCCCCC)OC(=O)CCCCCCCCCCCCCCCCCCC/C=C\C/C=C\CCCCCCC. The Balaban J connectivity index is 4.07. The van der Waals surface area contributed by atoms with E-state index in [2.05, 4.69) is 118 Å². The number of ether oxygens (including phenoxy) is 3. The van der Waals surface area contributed by atoms with Crippen LogP contribution >= 0.6 is 0 Å². The van der Waals surface area contributed by atoms with Gasteiger partial charge in [0, 0.05) is 19.3 Å². The highest BCUT2D eigenvalue weighted by Gasteiger charge is 2.19. The lowest BCUT2D eigenvalue weighted by atomic mass is 10.0. The molecule has 0 aliphatic heterocycles. The van der Waals surface area contributed by atoms with Crippen LogP contribution in [0.2, 0.25) is 0 Å². The molecule has 0 aromatic carbocycles. The highest BCUT2D eigenvalue weighted by atomic mass is 16.6. The molecule has 0 spiro atoms. The molecule has 0 aliphatic rings. The van der Waals surface area contributed by atoms with Crippen molar-refractivity contribution in [3.63, 3.8) is 0 Å². The summed E-state index contributed by atoms with van der Waals surface area (Å²) in [5.74, 6) is -0.871. The highest BCUT2D eigenvalue weighted by molar-refractivity contribution is 5.71. The minimum atomic E-state index is -0.777. The van der Waals surface area contributed by atoms with E-state index in [0.29, 0.717) is 19.3 Å². The Hall–Kier alpha value is -3.67. The van der Waals surface area contributed by atoms with Gasteiger partial charge in [0.2, 0.25) is 0 Å². The Morgan fingerprint density at radius 1 is 0.253 bits per heavy atom. The van der Waals surface area contributed by atoms with E-state index in [4.69, 9.17) is 14.2 Å². The number of unbranched alkanes of at least 4 members (excludes halogenated alkanes) is 38. The maximum Gasteiger partial charge on any atom is 0.306 e. The van der Waals surface area contributed by atoms with Gasteiger partial charge in [0.15, 0.2) is 6.10 Å². The van der Waals surface area contributed by atoms with Gasteiger partial charge >= 0.3 is 17.9 Å². The van der Waals surface area contributed by atoms with E-state index < -0.39 is 6.10 Å². The van der Waals surface area contributed by atoms with Gasteiger partial charge in [0.1, 0.15) is 13.2 Å². The van der Waals surface area contributed by atoms with E-state index in [1.165, 1.54) is 212 Å². The maximum absolute atomic E-state index is 12.9. The normalized spacial score (nSPS) is 12.7. The number of allylic oxidation sites excluding steroid dienone is 16. The van der Waals surface area contributed by atoms with Crippen LogP contribution in [0.15, 0.2) is 97.2 Å². The molecule has 6 nitrogen and oxygen atoms in total. The standard InChI is InChI=1S/C77H134O6/c1-4-7-10-13-16-18-20-22-24-26-28-30-32-34-36-38-40-42-44-46-48-50-52-54-56-58-61-64-67-70-76(79)82-73-74(72-81-75(78)69-66-63-60-15-12-9-6-3)83-77(80)71-68-65-62-59-57-55-53-51-49-47-45-43-41-39-37-35-33-31-29-27-25-23-21-19-17-14-11-8-5-2/h7,10,16,18,21-24,27-30,34,36,40,42,74H,4-6,8-9,11-15,17,19-20,25-26,31-33,35,37-39,41,43-73H2,1-3H3/b10-7-,18-16-,23-21-,24-22-,29-27-,30-28-,36-34-,42-40-. The molecule has 1 atom stereocenters. The monoisotopic (exact) mass is 1160 g/mol. The van der Waals surface area contributed by atoms with E-state index in [0.717, 1.165) is 103 Å². The summed E-state index contributed by atoms with van der Waals surface area (Å²) in [7, 11) is 0. The Kier molecular flexibility index (Phi) is 67.7. The van der Waals surface area contributed by atoms with Crippen LogP contribution < -0.4 is 0 Å². The zero-order valence-corrected chi connectivity index (χ0v) is 54.9. The van der Waals surface area contributed by atoms with Gasteiger partial charge in [-0.05, 0) is 103 Å². The second kappa shape index (κ2) is 70.8. The van der Waals surface area contributed by atoms with E-state index >= 15 is 0 Å². The van der Waals surface area contributed by atoms with Gasteiger partial charge in [-0.25, -0.2) is 0 Å². The fraction of sp³-hybridized carbons (Fsp3) is 0.753. The number of esters is 3. The fourth-order valence-corrected chi connectivity index (χ4v) is 10.2. The Bertz CT molecular complexity index is 1610. The molecule has 6 heteroatoms. The zero-order valence-electron chi connectivity index (χ0n) is 54.9. The summed E-state index contributed by atoms with van der Waals surface area (Å²) in [6, 6.07) is 0. The van der Waals surface area contributed by atoms with E-state index in [-0.39, 0.29) is 31.1 Å². The molecule has 0 aliphatic carbocycles. The first-order valence-corrected chi connectivity index (χ1v) is 35.7. The fourth-order valence-electron chi connectivity index (χ4n) is 10.2. The average Bonchev–Trinajstić information content (AvgIpc) is 3.49. The van der Waals surface area contributed by atoms with Crippen LogP contribution in [0.5, 0.6) is 0 Å². The first kappa shape index (κ1) is 79.3. The quantitative estimate of drug-likeness (QED) is 0.0261. The lowest BCUT2D eigenvalue weighted by molar-refractivity contribution is -0.167. The van der Waals surface area contributed by atoms with Crippen molar-refractivity contribution < 1.29 is 28.6 Å². The van der Waals surface area contributed by atoms with Crippen molar-refractivity contribution in [2.45, 2.75) is 361 Å². The lowest BCUT2D eigenvalue weighted by Crippen LogP contribution is -2.30. The van der Waals surface area contributed by atoms with Crippen LogP contribution in [-0.4, -0.2) is 37.2 Å². The average molecular weight is 1160 g/mol. The first-order chi connectivity index (χ1) is 41.0. The third-order valence-corrected chi connectivity index (χ3v) is 15.6. The molecule has 0 heterocycles. The summed E-state index contributed by atoms with van der Waals surface area (Å²) in [4.78, 5) is 38.2. The third kappa shape index (κ3) is 69.0. The third-order valence-electron chi connectivity index (χ3n) is 15.6. The highest BCUT2D eigenvalue weighted by Crippen LogP contribution is 2.17. The van der Waals surface area contributed by atoms with Gasteiger partial charge in [-0.15, -0.1) is 0 Å². The summed E-state index contributed by atoms with van der Waals surface area (Å²) in [5, 5.41) is 0. The van der Waals surface area contributed by atoms with Crippen molar-refractivity contribution in [2.75, 3.05) is 13.2 Å². The van der Waals surface area contributed by atoms with Crippen molar-refractivity contribution in [1.29, 1.82) is 0 Å². The summed E-state index contributed by atoms with van der Waals surface area (Å²) in [6.07, 6.45) is 96.1. The lowest BCUT2D eigenvalue weighted by Gasteiger charge is -2.18. The van der Waals surface area contributed by atoms with Crippen LogP contribution in [0.1, 0.15) is 355 Å². The molecular weight excluding hydrogens is 1020 g/mol. The van der Waals surface area contributed by atoms with Crippen molar-refractivity contribution in [3.8, 4) is 0 Å². The van der Waals surface area contributed by atoms with Crippen LogP contribution in [0.4, 0.5) is 0 Å². The molecule has 0 saturated heterocycles. The molecule has 0 amide bonds. The van der Waals surface area contributed by atoms with Gasteiger partial charge in [-0.3, -0.25) is 14.4 Å².